The predicted octanol–water partition coefficient (Wildman–Crippen LogP) is -2.52. The van der Waals surface area contributed by atoms with Crippen molar-refractivity contribution in [1.82, 2.24) is 24.7 Å². The van der Waals surface area contributed by atoms with E-state index in [2.05, 4.69) is 19.9 Å². The summed E-state index contributed by atoms with van der Waals surface area (Å²) in [7, 11) is 0. The third-order valence-corrected chi connectivity index (χ3v) is 5.17. The first-order chi connectivity index (χ1) is 14.8. The molecule has 11 heteroatoms. The molecule has 0 N–H and O–H groups in total. The first-order valence-electron chi connectivity index (χ1n) is 10.0. The van der Waals surface area contributed by atoms with Crippen LogP contribution in [0.25, 0.3) is 17.2 Å². The van der Waals surface area contributed by atoms with Crippen LogP contribution in [0.1, 0.15) is 0 Å². The molecule has 0 atom stereocenters. The molecule has 2 aliphatic heterocycles. The molecule has 0 aliphatic carbocycles. The van der Waals surface area contributed by atoms with Crippen LogP contribution in [0.2, 0.25) is 0 Å². The smallest absolute Gasteiger partial charge is 0.872 e. The number of para-hydroxylation sites is 1. The molecule has 0 bridgehead atoms. The molecule has 0 amide bonds. The summed E-state index contributed by atoms with van der Waals surface area (Å²) in [4.78, 5) is 18.2. The molecular formula is C20H22N7NaO3. The number of rotatable bonds is 4. The molecule has 2 fully saturated rings. The molecule has 3 aromatic rings. The van der Waals surface area contributed by atoms with E-state index in [1.165, 1.54) is 6.07 Å². The number of nitrogens with zero attached hydrogens (tertiary/aromatic N) is 7. The van der Waals surface area contributed by atoms with Crippen LogP contribution in [0.5, 0.6) is 5.75 Å². The fourth-order valence-corrected chi connectivity index (χ4v) is 3.53. The monoisotopic (exact) mass is 431 g/mol. The van der Waals surface area contributed by atoms with Crippen LogP contribution in [0.4, 0.5) is 11.8 Å². The second-order valence-corrected chi connectivity index (χ2v) is 7.09. The minimum absolute atomic E-state index is 0. The Morgan fingerprint density at radius 1 is 0.839 bits per heavy atom. The summed E-state index contributed by atoms with van der Waals surface area (Å²) in [6.07, 6.45) is 1.58. The van der Waals surface area contributed by atoms with Crippen molar-refractivity contribution in [1.29, 1.82) is 0 Å². The third kappa shape index (κ3) is 4.83. The molecular weight excluding hydrogens is 409 g/mol. The van der Waals surface area contributed by atoms with Gasteiger partial charge in [-0.05, 0) is 0 Å². The van der Waals surface area contributed by atoms with E-state index in [4.69, 9.17) is 19.4 Å². The molecule has 10 nitrogen and oxygen atoms in total. The van der Waals surface area contributed by atoms with Crippen molar-refractivity contribution < 1.29 is 44.1 Å². The van der Waals surface area contributed by atoms with Crippen LogP contribution in [0.3, 0.4) is 0 Å². The van der Waals surface area contributed by atoms with E-state index in [0.29, 0.717) is 49.6 Å². The Balaban J connectivity index is 0.00000231. The summed E-state index contributed by atoms with van der Waals surface area (Å²) in [5.41, 5.74) is 0.465. The zero-order valence-corrected chi connectivity index (χ0v) is 19.5. The van der Waals surface area contributed by atoms with Gasteiger partial charge < -0.3 is 24.4 Å². The van der Waals surface area contributed by atoms with Gasteiger partial charge in [-0.15, -0.1) is 5.10 Å². The van der Waals surface area contributed by atoms with Gasteiger partial charge in [0.05, 0.1) is 26.4 Å². The first-order valence-corrected chi connectivity index (χ1v) is 10.0. The van der Waals surface area contributed by atoms with Gasteiger partial charge in [0.1, 0.15) is 12.1 Å². The minimum Gasteiger partial charge on any atom is -0.872 e. The molecule has 2 saturated heterocycles. The maximum absolute atomic E-state index is 12.1. The minimum atomic E-state index is -0.110. The Bertz CT molecular complexity index is 983. The van der Waals surface area contributed by atoms with E-state index in [1.54, 1.807) is 29.2 Å². The molecule has 2 aromatic heterocycles. The topological polar surface area (TPSA) is 104 Å². The van der Waals surface area contributed by atoms with E-state index in [9.17, 15) is 5.11 Å². The van der Waals surface area contributed by atoms with E-state index >= 15 is 0 Å². The number of anilines is 2. The first kappa shape index (κ1) is 22.0. The van der Waals surface area contributed by atoms with E-state index in [-0.39, 0.29) is 35.3 Å². The van der Waals surface area contributed by atoms with Gasteiger partial charge >= 0.3 is 29.6 Å². The zero-order valence-electron chi connectivity index (χ0n) is 17.5. The summed E-state index contributed by atoms with van der Waals surface area (Å²) >= 11 is 0. The molecule has 0 spiro atoms. The van der Waals surface area contributed by atoms with Crippen molar-refractivity contribution in [2.75, 3.05) is 62.4 Å². The summed E-state index contributed by atoms with van der Waals surface area (Å²) < 4.78 is 12.5. The van der Waals surface area contributed by atoms with Crippen molar-refractivity contribution in [2.24, 2.45) is 0 Å². The van der Waals surface area contributed by atoms with Gasteiger partial charge in [0.2, 0.25) is 5.95 Å². The standard InChI is InChI=1S/C20H23N7O3.Na/c28-16-4-2-1-3-15(16)19-21-14-27(24-19)18-13-17(25-5-9-29-10-6-25)22-20(23-18)26-7-11-30-12-8-26;/h1-4,13-14,28H,5-12H2;/q;+1/p-1. The van der Waals surface area contributed by atoms with Gasteiger partial charge in [0, 0.05) is 37.8 Å². The normalized spacial score (nSPS) is 16.8. The Morgan fingerprint density at radius 3 is 2.19 bits per heavy atom. The van der Waals surface area contributed by atoms with Crippen LogP contribution in [0.15, 0.2) is 36.7 Å². The summed E-state index contributed by atoms with van der Waals surface area (Å²) in [6.45, 7) is 5.63. The van der Waals surface area contributed by atoms with Gasteiger partial charge in [0.15, 0.2) is 11.6 Å². The molecule has 31 heavy (non-hydrogen) atoms. The van der Waals surface area contributed by atoms with Gasteiger partial charge in [-0.1, -0.05) is 30.0 Å². The average Bonchev–Trinajstić information content (AvgIpc) is 3.30. The molecule has 156 valence electrons. The van der Waals surface area contributed by atoms with Crippen LogP contribution in [-0.2, 0) is 9.47 Å². The second-order valence-electron chi connectivity index (χ2n) is 7.09. The van der Waals surface area contributed by atoms with Crippen LogP contribution >= 0.6 is 0 Å². The maximum Gasteiger partial charge on any atom is 1.00 e. The Labute approximate surface area is 202 Å². The predicted molar refractivity (Wildman–Crippen MR) is 108 cm³/mol. The molecule has 0 saturated carbocycles. The fraction of sp³-hybridized carbons (Fsp3) is 0.400. The van der Waals surface area contributed by atoms with Crippen LogP contribution in [-0.4, -0.2) is 77.3 Å². The molecule has 1 aromatic carbocycles. The largest absolute Gasteiger partial charge is 1.00 e. The van der Waals surface area contributed by atoms with Crippen LogP contribution in [0, 0.1) is 0 Å². The molecule has 4 heterocycles. The zero-order chi connectivity index (χ0) is 20.3. The number of ether oxygens (including phenoxy) is 2. The van der Waals surface area contributed by atoms with E-state index in [1.807, 2.05) is 6.07 Å². The van der Waals surface area contributed by atoms with Crippen LogP contribution < -0.4 is 44.5 Å². The number of morpholine rings is 2. The third-order valence-electron chi connectivity index (χ3n) is 5.17. The molecule has 2 aliphatic rings. The Hall–Kier alpha value is -2.24. The van der Waals surface area contributed by atoms with E-state index < -0.39 is 0 Å². The number of hydrogen-bond donors (Lipinski definition) is 0. The fourth-order valence-electron chi connectivity index (χ4n) is 3.53. The molecule has 0 unspecified atom stereocenters. The Kier molecular flexibility index (Phi) is 7.03. The summed E-state index contributed by atoms with van der Waals surface area (Å²) in [5.74, 6) is 2.33. The molecule has 5 rings (SSSR count). The Morgan fingerprint density at radius 2 is 1.48 bits per heavy atom. The van der Waals surface area contributed by atoms with Crippen molar-refractivity contribution in [3.8, 4) is 23.0 Å². The number of hydrogen-bond acceptors (Lipinski definition) is 9. The van der Waals surface area contributed by atoms with E-state index in [0.717, 1.165) is 32.0 Å². The van der Waals surface area contributed by atoms with Crippen molar-refractivity contribution in [2.45, 2.75) is 0 Å². The van der Waals surface area contributed by atoms with Gasteiger partial charge in [-0.3, -0.25) is 0 Å². The number of benzene rings is 1. The maximum atomic E-state index is 12.1. The van der Waals surface area contributed by atoms with Gasteiger partial charge in [0.25, 0.3) is 0 Å². The van der Waals surface area contributed by atoms with Crippen molar-refractivity contribution >= 4 is 11.8 Å². The van der Waals surface area contributed by atoms with Crippen molar-refractivity contribution in [3.63, 3.8) is 0 Å². The van der Waals surface area contributed by atoms with Gasteiger partial charge in [-0.2, -0.15) is 9.97 Å². The summed E-state index contributed by atoms with van der Waals surface area (Å²) in [6, 6.07) is 8.64. The molecule has 0 radical (unpaired) electrons. The van der Waals surface area contributed by atoms with Crippen molar-refractivity contribution in [3.05, 3.63) is 36.7 Å². The quantitative estimate of drug-likeness (QED) is 0.414. The second kappa shape index (κ2) is 9.92. The summed E-state index contributed by atoms with van der Waals surface area (Å²) in [5, 5.41) is 16.6. The number of aromatic nitrogens is 5. The SMILES string of the molecule is [Na+].[O-]c1ccccc1-c1ncn(-c2cc(N3CCOCC3)nc(N3CCOCC3)n2)n1. The van der Waals surface area contributed by atoms with Gasteiger partial charge in [-0.25, -0.2) is 9.67 Å². The average molecular weight is 431 g/mol.